The summed E-state index contributed by atoms with van der Waals surface area (Å²) in [5.74, 6) is -2.00. The Morgan fingerprint density at radius 2 is 1.67 bits per heavy atom. The Morgan fingerprint density at radius 1 is 1.04 bits per heavy atom. The van der Waals surface area contributed by atoms with E-state index >= 15 is 8.78 Å². The van der Waals surface area contributed by atoms with E-state index in [0.717, 1.165) is 35.2 Å². The minimum absolute atomic E-state index is 0.161. The summed E-state index contributed by atoms with van der Waals surface area (Å²) in [4.78, 5) is 4.41. The SMILES string of the molecule is COc1cc(C(C)(C)c2c(-c3ccc(F)cc3)nc(SCc3c(F)cc(S(=O)(=O)[N+](C)(C)CCCN)cc3F)n2C)ccc1Cl. The number of ether oxygens (including phenoxy) is 1. The van der Waals surface area contributed by atoms with Gasteiger partial charge in [-0.15, -0.1) is 0 Å². The highest BCUT2D eigenvalue weighted by atomic mass is 35.5. The first-order valence-electron chi connectivity index (χ1n) is 14.1. The third-order valence-corrected chi connectivity index (χ3v) is 11.6. The number of sulfonamides is 1. The Labute approximate surface area is 271 Å². The molecule has 1 aromatic heterocycles. The molecule has 0 bridgehead atoms. The molecule has 0 aliphatic heterocycles. The van der Waals surface area contributed by atoms with Crippen LogP contribution in [0.4, 0.5) is 13.2 Å². The quantitative estimate of drug-likeness (QED) is 0.129. The fourth-order valence-corrected chi connectivity index (χ4v) is 7.83. The van der Waals surface area contributed by atoms with E-state index in [-0.39, 0.29) is 17.9 Å². The van der Waals surface area contributed by atoms with Gasteiger partial charge < -0.3 is 15.0 Å². The molecule has 1 heterocycles. The van der Waals surface area contributed by atoms with Gasteiger partial charge in [0.05, 0.1) is 44.2 Å². The van der Waals surface area contributed by atoms with Gasteiger partial charge in [0.15, 0.2) is 5.16 Å². The highest BCUT2D eigenvalue weighted by Gasteiger charge is 2.36. The zero-order chi connectivity index (χ0) is 33.3. The van der Waals surface area contributed by atoms with Crippen LogP contribution in [-0.2, 0) is 28.2 Å². The van der Waals surface area contributed by atoms with Crippen LogP contribution in [0.3, 0.4) is 0 Å². The van der Waals surface area contributed by atoms with Crippen molar-refractivity contribution < 1.29 is 30.2 Å². The molecule has 0 radical (unpaired) electrons. The van der Waals surface area contributed by atoms with Crippen LogP contribution in [0.15, 0.2) is 64.6 Å². The number of aromatic nitrogens is 2. The molecule has 0 spiro atoms. The van der Waals surface area contributed by atoms with Crippen LogP contribution in [-0.4, -0.2) is 56.2 Å². The van der Waals surface area contributed by atoms with E-state index in [9.17, 15) is 12.8 Å². The van der Waals surface area contributed by atoms with Gasteiger partial charge in [-0.25, -0.2) is 22.0 Å². The minimum Gasteiger partial charge on any atom is -0.495 e. The third kappa shape index (κ3) is 6.90. The molecule has 0 atom stereocenters. The summed E-state index contributed by atoms with van der Waals surface area (Å²) in [6, 6.07) is 13.1. The van der Waals surface area contributed by atoms with Crippen LogP contribution >= 0.6 is 23.4 Å². The molecule has 0 unspecified atom stereocenters. The standard InChI is InChI=1S/C32H37ClF3N4O3S2/c1-32(2,21-10-13-25(33)28(16-21)43-6)30-29(20-8-11-22(34)12-9-20)38-31(39(30)3)44-19-24-26(35)17-23(18-27(24)36)45(41,42)40(4,5)15-7-14-37/h8-13,16-18H,7,14-15,19,37H2,1-6H3/q+1. The van der Waals surface area contributed by atoms with Gasteiger partial charge in [-0.3, -0.25) is 0 Å². The van der Waals surface area contributed by atoms with Crippen LogP contribution in [0.1, 0.15) is 37.1 Å². The molecule has 0 amide bonds. The molecule has 0 fully saturated rings. The number of hydrogen-bond acceptors (Lipinski definition) is 6. The first-order valence-corrected chi connectivity index (χ1v) is 16.9. The van der Waals surface area contributed by atoms with E-state index in [1.54, 1.807) is 25.2 Å². The lowest BCUT2D eigenvalue weighted by atomic mass is 9.79. The molecule has 0 saturated carbocycles. The summed E-state index contributed by atoms with van der Waals surface area (Å²) in [7, 11) is 2.16. The molecule has 4 rings (SSSR count). The topological polar surface area (TPSA) is 87.2 Å². The average molecular weight is 682 g/mol. The number of imidazole rings is 1. The second-order valence-electron chi connectivity index (χ2n) is 11.7. The predicted molar refractivity (Wildman–Crippen MR) is 172 cm³/mol. The number of thioether (sulfide) groups is 1. The normalized spacial score (nSPS) is 12.5. The Balaban J connectivity index is 1.74. The molecule has 13 heteroatoms. The minimum atomic E-state index is -4.10. The van der Waals surface area contributed by atoms with E-state index in [2.05, 4.69) is 0 Å². The Kier molecular flexibility index (Phi) is 10.3. The molecule has 0 saturated heterocycles. The molecule has 0 aliphatic rings. The van der Waals surface area contributed by atoms with E-state index in [1.807, 2.05) is 30.5 Å². The molecule has 45 heavy (non-hydrogen) atoms. The fraction of sp³-hybridized carbons (Fsp3) is 0.344. The number of halogens is 4. The van der Waals surface area contributed by atoms with Crippen molar-refractivity contribution in [3.63, 3.8) is 0 Å². The Hall–Kier alpha value is -3.03. The van der Waals surface area contributed by atoms with Crippen LogP contribution in [0.2, 0.25) is 5.02 Å². The lowest BCUT2D eigenvalue weighted by Crippen LogP contribution is -2.46. The number of methoxy groups -OCH3 is 1. The number of benzene rings is 3. The molecular weight excluding hydrogens is 645 g/mol. The van der Waals surface area contributed by atoms with Gasteiger partial charge in [0.25, 0.3) is 0 Å². The fourth-order valence-electron chi connectivity index (χ4n) is 5.20. The van der Waals surface area contributed by atoms with Gasteiger partial charge in [0, 0.05) is 35.8 Å². The van der Waals surface area contributed by atoms with Crippen molar-refractivity contribution in [1.29, 1.82) is 0 Å². The van der Waals surface area contributed by atoms with Crippen LogP contribution < -0.4 is 10.5 Å². The van der Waals surface area contributed by atoms with E-state index < -0.39 is 41.7 Å². The smallest absolute Gasteiger partial charge is 0.327 e. The predicted octanol–water partition coefficient (Wildman–Crippen LogP) is 6.90. The molecule has 3 aromatic carbocycles. The third-order valence-electron chi connectivity index (χ3n) is 7.95. The van der Waals surface area contributed by atoms with Crippen molar-refractivity contribution in [3.05, 3.63) is 93.9 Å². The van der Waals surface area contributed by atoms with Gasteiger partial charge in [-0.1, -0.05) is 43.3 Å². The van der Waals surface area contributed by atoms with Crippen molar-refractivity contribution in [2.75, 3.05) is 34.3 Å². The van der Waals surface area contributed by atoms with Crippen molar-refractivity contribution in [3.8, 4) is 17.0 Å². The Bertz CT molecular complexity index is 1790. The van der Waals surface area contributed by atoms with Gasteiger partial charge in [0.1, 0.15) is 28.1 Å². The average Bonchev–Trinajstić information content (AvgIpc) is 3.32. The molecule has 242 valence electrons. The second-order valence-corrected chi connectivity index (χ2v) is 15.5. The number of quaternary nitrogens is 1. The lowest BCUT2D eigenvalue weighted by molar-refractivity contribution is -0.762. The van der Waals surface area contributed by atoms with E-state index in [1.165, 1.54) is 33.3 Å². The maximum atomic E-state index is 15.4. The Morgan fingerprint density at radius 3 is 2.24 bits per heavy atom. The summed E-state index contributed by atoms with van der Waals surface area (Å²) in [6.07, 6.45) is 0.430. The van der Waals surface area contributed by atoms with Crippen molar-refractivity contribution in [1.82, 2.24) is 9.55 Å². The number of hydrogen-bond donors (Lipinski definition) is 1. The molecule has 7 nitrogen and oxygen atoms in total. The van der Waals surface area contributed by atoms with Crippen LogP contribution in [0.5, 0.6) is 5.75 Å². The van der Waals surface area contributed by atoms with E-state index in [0.29, 0.717) is 40.2 Å². The highest BCUT2D eigenvalue weighted by Crippen LogP contribution is 2.42. The summed E-state index contributed by atoms with van der Waals surface area (Å²) in [5.41, 5.74) is 7.44. The van der Waals surface area contributed by atoms with Crippen LogP contribution in [0, 0.1) is 17.5 Å². The van der Waals surface area contributed by atoms with Crippen molar-refractivity contribution in [2.24, 2.45) is 12.8 Å². The van der Waals surface area contributed by atoms with Gasteiger partial charge in [-0.05, 0) is 60.6 Å². The highest BCUT2D eigenvalue weighted by molar-refractivity contribution is 7.98. The van der Waals surface area contributed by atoms with Crippen molar-refractivity contribution in [2.45, 2.75) is 41.5 Å². The maximum absolute atomic E-state index is 15.4. The van der Waals surface area contributed by atoms with Crippen molar-refractivity contribution >= 4 is 33.4 Å². The van der Waals surface area contributed by atoms with Gasteiger partial charge >= 0.3 is 10.0 Å². The number of nitrogens with zero attached hydrogens (tertiary/aromatic N) is 3. The summed E-state index contributed by atoms with van der Waals surface area (Å²) < 4.78 is 77.8. The largest absolute Gasteiger partial charge is 0.495 e. The lowest BCUT2D eigenvalue weighted by Gasteiger charge is -2.28. The van der Waals surface area contributed by atoms with Gasteiger partial charge in [-0.2, -0.15) is 8.42 Å². The first-order chi connectivity index (χ1) is 21.0. The monoisotopic (exact) mass is 681 g/mol. The second kappa shape index (κ2) is 13.4. The number of nitrogens with two attached hydrogens (primary N) is 1. The summed E-state index contributed by atoms with van der Waals surface area (Å²) >= 11 is 7.39. The first kappa shape index (κ1) is 34.8. The molecule has 2 N–H and O–H groups in total. The van der Waals surface area contributed by atoms with Gasteiger partial charge in [0.2, 0.25) is 0 Å². The zero-order valence-corrected chi connectivity index (χ0v) is 28.4. The molecule has 0 aliphatic carbocycles. The van der Waals surface area contributed by atoms with E-state index in [4.69, 9.17) is 27.1 Å². The summed E-state index contributed by atoms with van der Waals surface area (Å²) in [6.45, 7) is 4.48. The summed E-state index contributed by atoms with van der Waals surface area (Å²) in [5, 5.41) is 0.909. The molecule has 4 aromatic rings. The zero-order valence-electron chi connectivity index (χ0n) is 26.0. The number of rotatable bonds is 12. The van der Waals surface area contributed by atoms with Crippen LogP contribution in [0.25, 0.3) is 11.3 Å². The maximum Gasteiger partial charge on any atom is 0.327 e. The molecular formula is C32H37ClF3N4O3S2+.